The topological polar surface area (TPSA) is 9.23 Å². The SMILES string of the molecule is CO[C@H]1CCC[C@@H]2CCCC[C@@H]21. The van der Waals surface area contributed by atoms with Crippen molar-refractivity contribution in [1.29, 1.82) is 0 Å². The third-order valence-electron chi connectivity index (χ3n) is 3.81. The molecule has 1 nitrogen and oxygen atoms in total. The lowest BCUT2D eigenvalue weighted by Gasteiger charge is -2.40. The summed E-state index contributed by atoms with van der Waals surface area (Å²) in [6.07, 6.45) is 10.6. The van der Waals surface area contributed by atoms with Gasteiger partial charge in [-0.2, -0.15) is 0 Å². The molecule has 0 saturated heterocycles. The fourth-order valence-corrected chi connectivity index (χ4v) is 3.17. The smallest absolute Gasteiger partial charge is 0.0602 e. The van der Waals surface area contributed by atoms with E-state index >= 15 is 0 Å². The van der Waals surface area contributed by atoms with Gasteiger partial charge in [-0.3, -0.25) is 0 Å². The second-order valence-electron chi connectivity index (χ2n) is 4.41. The van der Waals surface area contributed by atoms with Gasteiger partial charge in [0.05, 0.1) is 6.10 Å². The molecule has 2 rings (SSSR count). The Hall–Kier alpha value is -0.0400. The van der Waals surface area contributed by atoms with Crippen LogP contribution in [0.5, 0.6) is 0 Å². The van der Waals surface area contributed by atoms with Crippen molar-refractivity contribution in [2.45, 2.75) is 51.0 Å². The van der Waals surface area contributed by atoms with Gasteiger partial charge in [0.25, 0.3) is 0 Å². The second-order valence-corrected chi connectivity index (χ2v) is 4.41. The molecule has 2 aliphatic carbocycles. The highest BCUT2D eigenvalue weighted by Gasteiger charge is 2.34. The predicted molar refractivity (Wildman–Crippen MR) is 50.1 cm³/mol. The Labute approximate surface area is 75.5 Å². The summed E-state index contributed by atoms with van der Waals surface area (Å²) in [5, 5.41) is 0. The third kappa shape index (κ3) is 1.52. The third-order valence-corrected chi connectivity index (χ3v) is 3.81. The Kier molecular flexibility index (Phi) is 2.69. The van der Waals surface area contributed by atoms with Crippen LogP contribution in [0.15, 0.2) is 0 Å². The monoisotopic (exact) mass is 168 g/mol. The van der Waals surface area contributed by atoms with Gasteiger partial charge in [0.1, 0.15) is 0 Å². The molecule has 0 aromatic rings. The zero-order valence-corrected chi connectivity index (χ0v) is 8.09. The van der Waals surface area contributed by atoms with E-state index in [9.17, 15) is 0 Å². The molecule has 0 radical (unpaired) electrons. The van der Waals surface area contributed by atoms with Crippen LogP contribution in [0.4, 0.5) is 0 Å². The first kappa shape index (κ1) is 8.55. The van der Waals surface area contributed by atoms with Gasteiger partial charge in [-0.05, 0) is 31.1 Å². The van der Waals surface area contributed by atoms with Gasteiger partial charge in [0.15, 0.2) is 0 Å². The van der Waals surface area contributed by atoms with Crippen LogP contribution in [0.1, 0.15) is 44.9 Å². The Morgan fingerprint density at radius 1 is 0.917 bits per heavy atom. The summed E-state index contributed by atoms with van der Waals surface area (Å²) in [5.41, 5.74) is 0. The molecule has 0 heterocycles. The molecule has 70 valence electrons. The van der Waals surface area contributed by atoms with E-state index < -0.39 is 0 Å². The van der Waals surface area contributed by atoms with E-state index in [1.165, 1.54) is 44.9 Å². The number of hydrogen-bond donors (Lipinski definition) is 0. The average Bonchev–Trinajstić information content (AvgIpc) is 2.17. The van der Waals surface area contributed by atoms with Crippen molar-refractivity contribution < 1.29 is 4.74 Å². The maximum Gasteiger partial charge on any atom is 0.0602 e. The number of hydrogen-bond acceptors (Lipinski definition) is 1. The molecule has 0 aromatic heterocycles. The molecule has 0 aromatic carbocycles. The molecular weight excluding hydrogens is 148 g/mol. The molecule has 1 heteroatoms. The fraction of sp³-hybridized carbons (Fsp3) is 1.00. The largest absolute Gasteiger partial charge is 0.381 e. The first-order valence-electron chi connectivity index (χ1n) is 5.44. The van der Waals surface area contributed by atoms with Crippen molar-refractivity contribution in [2.24, 2.45) is 11.8 Å². The lowest BCUT2D eigenvalue weighted by Crippen LogP contribution is -2.35. The average molecular weight is 168 g/mol. The molecule has 0 bridgehead atoms. The van der Waals surface area contributed by atoms with E-state index in [4.69, 9.17) is 4.74 Å². The summed E-state index contributed by atoms with van der Waals surface area (Å²) in [6.45, 7) is 0. The highest BCUT2D eigenvalue weighted by atomic mass is 16.5. The number of methoxy groups -OCH3 is 1. The van der Waals surface area contributed by atoms with E-state index in [1.54, 1.807) is 0 Å². The quantitative estimate of drug-likeness (QED) is 0.585. The molecule has 0 amide bonds. The Morgan fingerprint density at radius 3 is 2.50 bits per heavy atom. The van der Waals surface area contributed by atoms with Gasteiger partial charge < -0.3 is 4.74 Å². The molecule has 2 saturated carbocycles. The zero-order valence-electron chi connectivity index (χ0n) is 8.09. The van der Waals surface area contributed by atoms with Crippen molar-refractivity contribution in [1.82, 2.24) is 0 Å². The van der Waals surface area contributed by atoms with E-state index in [-0.39, 0.29) is 0 Å². The van der Waals surface area contributed by atoms with Crippen LogP contribution in [0, 0.1) is 11.8 Å². The van der Waals surface area contributed by atoms with Crippen LogP contribution in [0.25, 0.3) is 0 Å². The molecule has 2 fully saturated rings. The highest BCUT2D eigenvalue weighted by Crippen LogP contribution is 2.41. The van der Waals surface area contributed by atoms with Gasteiger partial charge in [0, 0.05) is 7.11 Å². The van der Waals surface area contributed by atoms with Crippen LogP contribution in [0.2, 0.25) is 0 Å². The summed E-state index contributed by atoms with van der Waals surface area (Å²) in [7, 11) is 1.89. The van der Waals surface area contributed by atoms with Crippen molar-refractivity contribution in [3.8, 4) is 0 Å². The Balaban J connectivity index is 1.99. The Morgan fingerprint density at radius 2 is 1.67 bits per heavy atom. The minimum Gasteiger partial charge on any atom is -0.381 e. The predicted octanol–water partition coefficient (Wildman–Crippen LogP) is 2.99. The van der Waals surface area contributed by atoms with Crippen molar-refractivity contribution >= 4 is 0 Å². The summed E-state index contributed by atoms with van der Waals surface area (Å²) in [5.74, 6) is 1.93. The number of ether oxygens (including phenoxy) is 1. The van der Waals surface area contributed by atoms with Crippen LogP contribution in [0.3, 0.4) is 0 Å². The lowest BCUT2D eigenvalue weighted by atomic mass is 9.69. The second kappa shape index (κ2) is 3.78. The Bertz CT molecular complexity index is 135. The van der Waals surface area contributed by atoms with E-state index in [1.807, 2.05) is 7.11 Å². The number of fused-ring (bicyclic) bond motifs is 1. The number of rotatable bonds is 1. The summed E-state index contributed by atoms with van der Waals surface area (Å²) >= 11 is 0. The van der Waals surface area contributed by atoms with E-state index in [0.29, 0.717) is 6.10 Å². The van der Waals surface area contributed by atoms with Crippen LogP contribution >= 0.6 is 0 Å². The summed E-state index contributed by atoms with van der Waals surface area (Å²) < 4.78 is 5.56. The van der Waals surface area contributed by atoms with E-state index in [0.717, 1.165) is 11.8 Å². The van der Waals surface area contributed by atoms with Crippen molar-refractivity contribution in [3.05, 3.63) is 0 Å². The van der Waals surface area contributed by atoms with Gasteiger partial charge in [-0.25, -0.2) is 0 Å². The molecule has 0 N–H and O–H groups in total. The summed E-state index contributed by atoms with van der Waals surface area (Å²) in [4.78, 5) is 0. The van der Waals surface area contributed by atoms with Crippen LogP contribution in [-0.4, -0.2) is 13.2 Å². The molecule has 2 aliphatic rings. The normalized spacial score (nSPS) is 42.2. The maximum absolute atomic E-state index is 5.56. The maximum atomic E-state index is 5.56. The van der Waals surface area contributed by atoms with Crippen LogP contribution in [-0.2, 0) is 4.74 Å². The van der Waals surface area contributed by atoms with Crippen molar-refractivity contribution in [3.63, 3.8) is 0 Å². The minimum atomic E-state index is 0.601. The van der Waals surface area contributed by atoms with Crippen molar-refractivity contribution in [2.75, 3.05) is 7.11 Å². The molecule has 12 heavy (non-hydrogen) atoms. The molecule has 3 atom stereocenters. The molecule has 0 spiro atoms. The summed E-state index contributed by atoms with van der Waals surface area (Å²) in [6, 6.07) is 0. The molecule has 0 unspecified atom stereocenters. The first-order valence-corrected chi connectivity index (χ1v) is 5.44. The van der Waals surface area contributed by atoms with Gasteiger partial charge in [0.2, 0.25) is 0 Å². The minimum absolute atomic E-state index is 0.601. The molecular formula is C11H20O. The standard InChI is InChI=1S/C11H20O/c1-12-11-8-4-6-9-5-2-3-7-10(9)11/h9-11H,2-8H2,1H3/t9-,10-,11-/m0/s1. The highest BCUT2D eigenvalue weighted by molar-refractivity contribution is 4.85. The van der Waals surface area contributed by atoms with Gasteiger partial charge in [-0.15, -0.1) is 0 Å². The zero-order chi connectivity index (χ0) is 8.39. The van der Waals surface area contributed by atoms with Gasteiger partial charge in [-0.1, -0.05) is 25.7 Å². The first-order chi connectivity index (χ1) is 5.92. The van der Waals surface area contributed by atoms with E-state index in [2.05, 4.69) is 0 Å². The fourth-order valence-electron chi connectivity index (χ4n) is 3.17. The lowest BCUT2D eigenvalue weighted by molar-refractivity contribution is -0.0211. The van der Waals surface area contributed by atoms with Gasteiger partial charge >= 0.3 is 0 Å². The molecule has 0 aliphatic heterocycles. The van der Waals surface area contributed by atoms with Crippen LogP contribution < -0.4 is 0 Å².